The second-order valence-corrected chi connectivity index (χ2v) is 8.53. The molecule has 1 fully saturated rings. The topological polar surface area (TPSA) is 75.9 Å². The Morgan fingerprint density at radius 3 is 2.77 bits per heavy atom. The van der Waals surface area contributed by atoms with Gasteiger partial charge in [0, 0.05) is 25.1 Å². The first kappa shape index (κ1) is 19.7. The van der Waals surface area contributed by atoms with E-state index in [1.54, 1.807) is 10.9 Å². The number of nitrogens with zero attached hydrogens (tertiary/aromatic N) is 5. The number of rotatable bonds is 6. The van der Waals surface area contributed by atoms with E-state index >= 15 is 0 Å². The Hall–Kier alpha value is -3.29. The lowest BCUT2D eigenvalue weighted by atomic mass is 10.0. The fraction of sp³-hybridized carbons (Fsp3) is 0.391. The van der Waals surface area contributed by atoms with Gasteiger partial charge in [0.05, 0.1) is 36.0 Å². The van der Waals surface area contributed by atoms with E-state index in [9.17, 15) is 9.18 Å². The Morgan fingerprint density at radius 2 is 2.00 bits per heavy atom. The van der Waals surface area contributed by atoms with Crippen molar-refractivity contribution in [3.05, 3.63) is 65.3 Å². The van der Waals surface area contributed by atoms with Crippen LogP contribution in [0, 0.1) is 18.7 Å². The van der Waals surface area contributed by atoms with Crippen molar-refractivity contribution in [2.24, 2.45) is 5.92 Å². The third kappa shape index (κ3) is 4.02. The van der Waals surface area contributed by atoms with Crippen LogP contribution >= 0.6 is 0 Å². The molecule has 0 bridgehead atoms. The zero-order chi connectivity index (χ0) is 21.5. The van der Waals surface area contributed by atoms with Crippen LogP contribution in [0.25, 0.3) is 0 Å². The maximum Gasteiger partial charge on any atom is 0.247 e. The molecular formula is C23H25FN6O. The molecule has 7 nitrogen and oxygen atoms in total. The van der Waals surface area contributed by atoms with E-state index in [0.29, 0.717) is 12.5 Å². The predicted molar refractivity (Wildman–Crippen MR) is 115 cm³/mol. The van der Waals surface area contributed by atoms with Crippen LogP contribution in [0.2, 0.25) is 0 Å². The van der Waals surface area contributed by atoms with Gasteiger partial charge in [0.25, 0.3) is 0 Å². The molecule has 2 aliphatic rings. The van der Waals surface area contributed by atoms with Crippen LogP contribution in [-0.2, 0) is 24.2 Å². The number of amides is 1. The van der Waals surface area contributed by atoms with Crippen molar-refractivity contribution < 1.29 is 9.18 Å². The first-order valence-electron chi connectivity index (χ1n) is 10.6. The third-order valence-electron chi connectivity index (χ3n) is 6.08. The van der Waals surface area contributed by atoms with E-state index in [4.69, 9.17) is 4.98 Å². The number of aromatic nitrogens is 4. The van der Waals surface area contributed by atoms with Gasteiger partial charge in [-0.05, 0) is 61.8 Å². The lowest BCUT2D eigenvalue weighted by Gasteiger charge is -2.36. The number of likely N-dealkylation sites (N-methyl/N-ethyl adjacent to an activating group) is 1. The molecule has 0 unspecified atom stereocenters. The molecule has 31 heavy (non-hydrogen) atoms. The Bertz CT molecular complexity index is 1140. The summed E-state index contributed by atoms with van der Waals surface area (Å²) in [6, 6.07) is 3.48. The first-order valence-corrected chi connectivity index (χ1v) is 10.6. The highest BCUT2D eigenvalue weighted by Gasteiger charge is 2.42. The average molecular weight is 420 g/mol. The van der Waals surface area contributed by atoms with Gasteiger partial charge >= 0.3 is 0 Å². The molecule has 0 spiro atoms. The maximum atomic E-state index is 13.3. The number of pyridine rings is 2. The highest BCUT2D eigenvalue weighted by molar-refractivity contribution is 6.04. The van der Waals surface area contributed by atoms with Crippen molar-refractivity contribution in [3.8, 4) is 0 Å². The molecule has 1 atom stereocenters. The van der Waals surface area contributed by atoms with Gasteiger partial charge in [-0.15, -0.1) is 0 Å². The van der Waals surface area contributed by atoms with Gasteiger partial charge in [0.2, 0.25) is 5.91 Å². The van der Waals surface area contributed by atoms with E-state index in [2.05, 4.69) is 26.4 Å². The number of carbonyl (C=O) groups is 1. The number of hydrogen-bond acceptors (Lipinski definition) is 5. The fourth-order valence-corrected chi connectivity index (χ4v) is 4.37. The normalized spacial score (nSPS) is 18.1. The highest BCUT2D eigenvalue weighted by atomic mass is 19.1. The minimum Gasteiger partial charge on any atom is -0.361 e. The lowest BCUT2D eigenvalue weighted by molar-refractivity contribution is -0.118. The molecule has 1 saturated carbocycles. The van der Waals surface area contributed by atoms with Crippen molar-refractivity contribution in [1.82, 2.24) is 19.7 Å². The molecule has 5 rings (SSSR count). The van der Waals surface area contributed by atoms with Crippen molar-refractivity contribution in [2.75, 3.05) is 17.3 Å². The summed E-state index contributed by atoms with van der Waals surface area (Å²) < 4.78 is 15.1. The second kappa shape index (κ2) is 7.76. The Morgan fingerprint density at radius 1 is 1.16 bits per heavy atom. The zero-order valence-electron chi connectivity index (χ0n) is 17.7. The summed E-state index contributed by atoms with van der Waals surface area (Å²) >= 11 is 0. The van der Waals surface area contributed by atoms with Crippen LogP contribution < -0.4 is 10.2 Å². The standard InChI is InChI=1S/C23H25FN6O/c1-14-21-20(29(2)22(17-4-5-17)23(31)28-21)8-19(27-14)6-3-15-10-26-30(12-15)13-16-7-18(24)11-25-9-16/h7-12,17,22H,3-6,13H2,1-2H3,(H,28,31)/t22-/m0/s1. The van der Waals surface area contributed by atoms with Gasteiger partial charge in [-0.3, -0.25) is 19.4 Å². The minimum absolute atomic E-state index is 0.0797. The summed E-state index contributed by atoms with van der Waals surface area (Å²) in [4.78, 5) is 23.3. The van der Waals surface area contributed by atoms with Gasteiger partial charge in [0.1, 0.15) is 11.9 Å². The van der Waals surface area contributed by atoms with Crippen molar-refractivity contribution in [2.45, 2.75) is 45.2 Å². The molecular weight excluding hydrogens is 395 g/mol. The predicted octanol–water partition coefficient (Wildman–Crippen LogP) is 3.12. The zero-order valence-corrected chi connectivity index (χ0v) is 17.7. The Balaban J connectivity index is 1.29. The summed E-state index contributed by atoms with van der Waals surface area (Å²) in [7, 11) is 2.01. The maximum absolute atomic E-state index is 13.3. The quantitative estimate of drug-likeness (QED) is 0.663. The third-order valence-corrected chi connectivity index (χ3v) is 6.08. The van der Waals surface area contributed by atoms with E-state index in [1.807, 2.05) is 26.4 Å². The van der Waals surface area contributed by atoms with E-state index in [0.717, 1.165) is 59.6 Å². The number of carbonyl (C=O) groups excluding carboxylic acids is 1. The van der Waals surface area contributed by atoms with Crippen LogP contribution in [0.3, 0.4) is 0 Å². The van der Waals surface area contributed by atoms with E-state index in [1.165, 1.54) is 12.3 Å². The van der Waals surface area contributed by atoms with Crippen LogP contribution in [-0.4, -0.2) is 38.7 Å². The molecule has 0 radical (unpaired) electrons. The van der Waals surface area contributed by atoms with Gasteiger partial charge < -0.3 is 10.2 Å². The number of hydrogen-bond donors (Lipinski definition) is 1. The van der Waals surface area contributed by atoms with Crippen LogP contribution in [0.5, 0.6) is 0 Å². The number of fused-ring (bicyclic) bond motifs is 1. The van der Waals surface area contributed by atoms with Gasteiger partial charge in [-0.2, -0.15) is 5.10 Å². The summed E-state index contributed by atoms with van der Waals surface area (Å²) in [5, 5.41) is 7.46. The summed E-state index contributed by atoms with van der Waals surface area (Å²) in [5.74, 6) is 0.189. The second-order valence-electron chi connectivity index (χ2n) is 8.53. The van der Waals surface area contributed by atoms with Crippen LogP contribution in [0.1, 0.15) is 35.4 Å². The lowest BCUT2D eigenvalue weighted by Crippen LogP contribution is -2.47. The van der Waals surface area contributed by atoms with E-state index in [-0.39, 0.29) is 17.8 Å². The number of halogens is 1. The summed E-state index contributed by atoms with van der Waals surface area (Å²) in [6.45, 7) is 2.42. The fourth-order valence-electron chi connectivity index (χ4n) is 4.37. The molecule has 3 aromatic rings. The summed E-state index contributed by atoms with van der Waals surface area (Å²) in [5.41, 5.74) is 5.58. The van der Waals surface area contributed by atoms with Gasteiger partial charge in [-0.1, -0.05) is 0 Å². The molecule has 1 N–H and O–H groups in total. The van der Waals surface area contributed by atoms with Crippen molar-refractivity contribution in [1.29, 1.82) is 0 Å². The molecule has 4 heterocycles. The van der Waals surface area contributed by atoms with Crippen molar-refractivity contribution >= 4 is 17.3 Å². The molecule has 8 heteroatoms. The molecule has 0 aromatic carbocycles. The van der Waals surface area contributed by atoms with Crippen LogP contribution in [0.4, 0.5) is 15.8 Å². The summed E-state index contributed by atoms with van der Waals surface area (Å²) in [6.07, 6.45) is 10.5. The Labute approximate surface area is 180 Å². The number of aryl methyl sites for hydroxylation is 3. The van der Waals surface area contributed by atoms with Gasteiger partial charge in [0.15, 0.2) is 0 Å². The molecule has 3 aromatic heterocycles. The molecule has 160 valence electrons. The average Bonchev–Trinajstić information content (AvgIpc) is 3.46. The monoisotopic (exact) mass is 420 g/mol. The SMILES string of the molecule is Cc1nc(CCc2cnn(Cc3cncc(F)c3)c2)cc2c1NC(=O)[C@H](C1CC1)N2C. The molecule has 1 aliphatic heterocycles. The first-order chi connectivity index (χ1) is 15.0. The van der Waals surface area contributed by atoms with Crippen molar-refractivity contribution in [3.63, 3.8) is 0 Å². The molecule has 0 saturated heterocycles. The largest absolute Gasteiger partial charge is 0.361 e. The smallest absolute Gasteiger partial charge is 0.247 e. The van der Waals surface area contributed by atoms with Gasteiger partial charge in [-0.25, -0.2) is 4.39 Å². The van der Waals surface area contributed by atoms with Crippen LogP contribution in [0.15, 0.2) is 36.9 Å². The highest BCUT2D eigenvalue weighted by Crippen LogP contribution is 2.42. The molecule has 1 aliphatic carbocycles. The Kier molecular flexibility index (Phi) is 4.92. The number of nitrogens with one attached hydrogen (secondary N) is 1. The minimum atomic E-state index is -0.344. The molecule has 1 amide bonds. The number of anilines is 2. The van der Waals surface area contributed by atoms with E-state index < -0.39 is 0 Å².